The van der Waals surface area contributed by atoms with Gasteiger partial charge in [0.2, 0.25) is 0 Å². The van der Waals surface area contributed by atoms with Crippen LogP contribution in [0.15, 0.2) is 48.5 Å². The van der Waals surface area contributed by atoms with E-state index in [0.29, 0.717) is 6.61 Å². The topological polar surface area (TPSA) is 41.5 Å². The van der Waals surface area contributed by atoms with Crippen molar-refractivity contribution in [3.8, 4) is 5.75 Å². The van der Waals surface area contributed by atoms with E-state index in [1.54, 1.807) is 0 Å². The van der Waals surface area contributed by atoms with Crippen molar-refractivity contribution in [1.82, 2.24) is 0 Å². The lowest BCUT2D eigenvalue weighted by atomic mass is 9.77. The summed E-state index contributed by atoms with van der Waals surface area (Å²) in [6.45, 7) is 4.80. The highest BCUT2D eigenvalue weighted by molar-refractivity contribution is 5.53. The second-order valence-corrected chi connectivity index (χ2v) is 5.83. The number of fused-ring (bicyclic) bond motifs is 1. The summed E-state index contributed by atoms with van der Waals surface area (Å²) in [5.41, 5.74) is 2.73. The average Bonchev–Trinajstić information content (AvgIpc) is 2.50. The zero-order valence-electron chi connectivity index (χ0n) is 12.5. The SMILES string of the molecule is Cc1cccc(NC2(CO)c3ccccc3OCC2C)c1. The maximum absolute atomic E-state index is 10.2. The van der Waals surface area contributed by atoms with E-state index in [9.17, 15) is 5.11 Å². The number of benzene rings is 2. The van der Waals surface area contributed by atoms with Gasteiger partial charge in [-0.3, -0.25) is 0 Å². The summed E-state index contributed by atoms with van der Waals surface area (Å²) in [4.78, 5) is 0. The van der Waals surface area contributed by atoms with Crippen LogP contribution in [0.4, 0.5) is 5.69 Å². The smallest absolute Gasteiger partial charge is 0.124 e. The molecule has 2 unspecified atom stereocenters. The Bertz CT molecular complexity index is 641. The highest BCUT2D eigenvalue weighted by Crippen LogP contribution is 2.42. The molecular formula is C18H21NO2. The van der Waals surface area contributed by atoms with Gasteiger partial charge < -0.3 is 15.2 Å². The number of aliphatic hydroxyl groups excluding tert-OH is 1. The molecule has 1 aliphatic rings. The Kier molecular flexibility index (Phi) is 3.60. The molecule has 0 fully saturated rings. The van der Waals surface area contributed by atoms with Gasteiger partial charge >= 0.3 is 0 Å². The molecule has 2 atom stereocenters. The fourth-order valence-corrected chi connectivity index (χ4v) is 3.04. The van der Waals surface area contributed by atoms with Crippen LogP contribution in [0.1, 0.15) is 18.1 Å². The normalized spacial score (nSPS) is 24.0. The van der Waals surface area contributed by atoms with Gasteiger partial charge in [0.25, 0.3) is 0 Å². The highest BCUT2D eigenvalue weighted by atomic mass is 16.5. The van der Waals surface area contributed by atoms with Gasteiger partial charge in [0.1, 0.15) is 5.75 Å². The van der Waals surface area contributed by atoms with Crippen molar-refractivity contribution in [3.63, 3.8) is 0 Å². The Labute approximate surface area is 125 Å². The van der Waals surface area contributed by atoms with Crippen LogP contribution in [0.2, 0.25) is 0 Å². The zero-order chi connectivity index (χ0) is 14.9. The third kappa shape index (κ3) is 2.38. The molecule has 0 radical (unpaired) electrons. The molecule has 0 bridgehead atoms. The van der Waals surface area contributed by atoms with Crippen LogP contribution in [0.3, 0.4) is 0 Å². The lowest BCUT2D eigenvalue weighted by molar-refractivity contribution is 0.0995. The first-order chi connectivity index (χ1) is 10.2. The summed E-state index contributed by atoms with van der Waals surface area (Å²) in [5.74, 6) is 1.02. The van der Waals surface area contributed by atoms with E-state index in [2.05, 4.69) is 31.3 Å². The maximum Gasteiger partial charge on any atom is 0.124 e. The van der Waals surface area contributed by atoms with Crippen LogP contribution < -0.4 is 10.1 Å². The maximum atomic E-state index is 10.2. The summed E-state index contributed by atoms with van der Waals surface area (Å²) in [5, 5.41) is 13.7. The van der Waals surface area contributed by atoms with Gasteiger partial charge in [0.05, 0.1) is 18.8 Å². The molecule has 21 heavy (non-hydrogen) atoms. The van der Waals surface area contributed by atoms with Crippen molar-refractivity contribution in [3.05, 3.63) is 59.7 Å². The van der Waals surface area contributed by atoms with Crippen molar-refractivity contribution in [2.24, 2.45) is 5.92 Å². The molecule has 1 aliphatic heterocycles. The number of ether oxygens (including phenoxy) is 1. The average molecular weight is 283 g/mol. The first kappa shape index (κ1) is 14.0. The second kappa shape index (κ2) is 5.41. The summed E-state index contributed by atoms with van der Waals surface area (Å²) < 4.78 is 5.80. The third-order valence-electron chi connectivity index (χ3n) is 4.33. The molecule has 110 valence electrons. The number of aliphatic hydroxyl groups is 1. The fraction of sp³-hybridized carbons (Fsp3) is 0.333. The minimum Gasteiger partial charge on any atom is -0.493 e. The second-order valence-electron chi connectivity index (χ2n) is 5.83. The predicted molar refractivity (Wildman–Crippen MR) is 84.7 cm³/mol. The lowest BCUT2D eigenvalue weighted by Gasteiger charge is -2.43. The van der Waals surface area contributed by atoms with Crippen LogP contribution in [0, 0.1) is 12.8 Å². The summed E-state index contributed by atoms with van der Waals surface area (Å²) in [6.07, 6.45) is 0. The van der Waals surface area contributed by atoms with E-state index < -0.39 is 5.54 Å². The Morgan fingerprint density at radius 1 is 1.24 bits per heavy atom. The van der Waals surface area contributed by atoms with Gasteiger partial charge in [-0.05, 0) is 30.7 Å². The molecule has 2 aromatic carbocycles. The third-order valence-corrected chi connectivity index (χ3v) is 4.33. The van der Waals surface area contributed by atoms with Crippen LogP contribution in [0.25, 0.3) is 0 Å². The molecule has 0 saturated heterocycles. The largest absolute Gasteiger partial charge is 0.493 e. The molecule has 3 heteroatoms. The number of rotatable bonds is 3. The van der Waals surface area contributed by atoms with Crippen molar-refractivity contribution in [2.45, 2.75) is 19.4 Å². The molecule has 1 heterocycles. The van der Waals surface area contributed by atoms with Gasteiger partial charge in [-0.2, -0.15) is 0 Å². The molecule has 0 amide bonds. The van der Waals surface area contributed by atoms with Crippen molar-refractivity contribution >= 4 is 5.69 Å². The van der Waals surface area contributed by atoms with Crippen LogP contribution in [-0.4, -0.2) is 18.3 Å². The quantitative estimate of drug-likeness (QED) is 0.908. The Morgan fingerprint density at radius 3 is 2.81 bits per heavy atom. The van der Waals surface area contributed by atoms with Gasteiger partial charge in [0, 0.05) is 17.2 Å². The molecule has 0 aliphatic carbocycles. The lowest BCUT2D eigenvalue weighted by Crippen LogP contribution is -2.49. The van der Waals surface area contributed by atoms with E-state index in [0.717, 1.165) is 17.0 Å². The molecule has 2 N–H and O–H groups in total. The number of hydrogen-bond acceptors (Lipinski definition) is 3. The van der Waals surface area contributed by atoms with Crippen molar-refractivity contribution in [1.29, 1.82) is 0 Å². The molecule has 2 aromatic rings. The highest BCUT2D eigenvalue weighted by Gasteiger charge is 2.43. The molecule has 0 saturated carbocycles. The van der Waals surface area contributed by atoms with Crippen molar-refractivity contribution < 1.29 is 9.84 Å². The zero-order valence-corrected chi connectivity index (χ0v) is 12.5. The number of para-hydroxylation sites is 1. The van der Waals surface area contributed by atoms with E-state index in [4.69, 9.17) is 4.74 Å². The molecular weight excluding hydrogens is 262 g/mol. The Hall–Kier alpha value is -2.00. The van der Waals surface area contributed by atoms with Crippen molar-refractivity contribution in [2.75, 3.05) is 18.5 Å². The number of aryl methyl sites for hydroxylation is 1. The number of nitrogens with one attached hydrogen (secondary N) is 1. The predicted octanol–water partition coefficient (Wildman–Crippen LogP) is 3.32. The van der Waals surface area contributed by atoms with Gasteiger partial charge in [-0.1, -0.05) is 37.3 Å². The summed E-state index contributed by atoms with van der Waals surface area (Å²) in [6, 6.07) is 16.2. The monoisotopic (exact) mass is 283 g/mol. The van der Waals surface area contributed by atoms with E-state index in [1.807, 2.05) is 36.4 Å². The number of hydrogen-bond donors (Lipinski definition) is 2. The van der Waals surface area contributed by atoms with E-state index in [-0.39, 0.29) is 12.5 Å². The van der Waals surface area contributed by atoms with Gasteiger partial charge in [-0.25, -0.2) is 0 Å². The molecule has 3 nitrogen and oxygen atoms in total. The molecule has 3 rings (SSSR count). The molecule has 0 spiro atoms. The Morgan fingerprint density at radius 2 is 2.05 bits per heavy atom. The Balaban J connectivity index is 2.06. The minimum absolute atomic E-state index is 0.0302. The van der Waals surface area contributed by atoms with Gasteiger partial charge in [0.15, 0.2) is 0 Å². The standard InChI is InChI=1S/C18H21NO2/c1-13-6-5-7-15(10-13)19-18(12-20)14(2)11-21-17-9-4-3-8-16(17)18/h3-10,14,19-20H,11-12H2,1-2H3. The first-order valence-electron chi connectivity index (χ1n) is 7.34. The van der Waals surface area contributed by atoms with Crippen LogP contribution >= 0.6 is 0 Å². The summed E-state index contributed by atoms with van der Waals surface area (Å²) in [7, 11) is 0. The fourth-order valence-electron chi connectivity index (χ4n) is 3.04. The van der Waals surface area contributed by atoms with E-state index in [1.165, 1.54) is 5.56 Å². The molecule has 0 aromatic heterocycles. The van der Waals surface area contributed by atoms with Crippen LogP contribution in [-0.2, 0) is 5.54 Å². The van der Waals surface area contributed by atoms with Gasteiger partial charge in [-0.15, -0.1) is 0 Å². The first-order valence-corrected chi connectivity index (χ1v) is 7.34. The summed E-state index contributed by atoms with van der Waals surface area (Å²) >= 11 is 0. The van der Waals surface area contributed by atoms with E-state index >= 15 is 0 Å². The van der Waals surface area contributed by atoms with Crippen LogP contribution in [0.5, 0.6) is 5.75 Å². The number of anilines is 1. The minimum atomic E-state index is -0.511.